The normalized spacial score (nSPS) is 15.0. The second-order valence-corrected chi connectivity index (χ2v) is 7.28. The second kappa shape index (κ2) is 8.67. The average Bonchev–Trinajstić information content (AvgIpc) is 3.09. The summed E-state index contributed by atoms with van der Waals surface area (Å²) in [7, 11) is 0. The zero-order valence-corrected chi connectivity index (χ0v) is 16.7. The van der Waals surface area contributed by atoms with Crippen LogP contribution in [0.15, 0.2) is 78.9 Å². The average molecular weight is 411 g/mol. The topological polar surface area (TPSA) is 101 Å². The number of carbonyl (C=O) groups is 3. The van der Waals surface area contributed by atoms with Crippen LogP contribution in [0.2, 0.25) is 0 Å². The minimum Gasteiger partial charge on any atom is -0.397 e. The molecule has 0 unspecified atom stereocenters. The molecule has 0 aromatic heterocycles. The molecule has 2 amide bonds. The van der Waals surface area contributed by atoms with E-state index in [4.69, 9.17) is 5.73 Å². The fraction of sp³-hybridized carbons (Fsp3) is 0.0800. The first-order chi connectivity index (χ1) is 15.0. The fourth-order valence-corrected chi connectivity index (χ4v) is 3.51. The van der Waals surface area contributed by atoms with Crippen molar-refractivity contribution in [3.63, 3.8) is 0 Å². The Kier molecular flexibility index (Phi) is 5.62. The molecular formula is C25H21N3O3. The molecule has 0 saturated carbocycles. The minimum atomic E-state index is -0.607. The molecule has 154 valence electrons. The van der Waals surface area contributed by atoms with Crippen LogP contribution >= 0.6 is 0 Å². The van der Waals surface area contributed by atoms with Crippen molar-refractivity contribution in [3.8, 4) is 0 Å². The van der Waals surface area contributed by atoms with E-state index in [9.17, 15) is 14.4 Å². The molecule has 0 bridgehead atoms. The van der Waals surface area contributed by atoms with Crippen LogP contribution in [0.5, 0.6) is 0 Å². The van der Waals surface area contributed by atoms with E-state index < -0.39 is 6.04 Å². The molecule has 0 spiro atoms. The molecule has 0 heterocycles. The lowest BCUT2D eigenvalue weighted by Gasteiger charge is -2.11. The summed E-state index contributed by atoms with van der Waals surface area (Å²) in [5.41, 5.74) is 9.92. The van der Waals surface area contributed by atoms with Gasteiger partial charge in [0.1, 0.15) is 6.04 Å². The van der Waals surface area contributed by atoms with E-state index in [1.807, 2.05) is 24.3 Å². The number of fused-ring (bicyclic) bond motifs is 1. The number of hydrogen-bond acceptors (Lipinski definition) is 4. The standard InChI is InChI=1S/C25H21N3O3/c26-20-7-3-4-8-21(20)27-25(31)17-12-9-16(10-13-17)11-14-23(30)28-24-19-6-2-1-5-18(19)15-22(24)29/h1-14,24H,15,26H2,(H,27,31)(H,28,30)/b14-11+/t24-/m0/s1. The Balaban J connectivity index is 1.37. The van der Waals surface area contributed by atoms with E-state index in [0.29, 0.717) is 23.4 Å². The zero-order valence-electron chi connectivity index (χ0n) is 16.7. The van der Waals surface area contributed by atoms with Gasteiger partial charge in [-0.05, 0) is 47.0 Å². The van der Waals surface area contributed by atoms with Gasteiger partial charge in [0.05, 0.1) is 11.4 Å². The molecule has 1 aliphatic carbocycles. The number of anilines is 2. The van der Waals surface area contributed by atoms with E-state index in [1.165, 1.54) is 6.08 Å². The third kappa shape index (κ3) is 4.53. The van der Waals surface area contributed by atoms with Crippen molar-refractivity contribution < 1.29 is 14.4 Å². The number of hydrogen-bond donors (Lipinski definition) is 3. The molecule has 0 saturated heterocycles. The predicted molar refractivity (Wildman–Crippen MR) is 120 cm³/mol. The van der Waals surface area contributed by atoms with Crippen LogP contribution in [0.4, 0.5) is 11.4 Å². The van der Waals surface area contributed by atoms with Crippen molar-refractivity contribution in [2.75, 3.05) is 11.1 Å². The molecule has 0 fully saturated rings. The lowest BCUT2D eigenvalue weighted by atomic mass is 10.1. The maximum absolute atomic E-state index is 12.4. The van der Waals surface area contributed by atoms with Crippen LogP contribution in [0, 0.1) is 0 Å². The van der Waals surface area contributed by atoms with Crippen LogP contribution in [0.25, 0.3) is 6.08 Å². The van der Waals surface area contributed by atoms with Gasteiger partial charge in [-0.3, -0.25) is 14.4 Å². The van der Waals surface area contributed by atoms with Gasteiger partial charge in [-0.2, -0.15) is 0 Å². The number of Topliss-reactive ketones (excluding diaryl/α,β-unsaturated/α-hetero) is 1. The molecule has 6 heteroatoms. The molecule has 6 nitrogen and oxygen atoms in total. The fourth-order valence-electron chi connectivity index (χ4n) is 3.51. The Morgan fingerprint density at radius 3 is 2.42 bits per heavy atom. The first-order valence-electron chi connectivity index (χ1n) is 9.86. The summed E-state index contributed by atoms with van der Waals surface area (Å²) in [5, 5.41) is 5.54. The molecule has 31 heavy (non-hydrogen) atoms. The molecule has 3 aromatic rings. The van der Waals surface area contributed by atoms with E-state index >= 15 is 0 Å². The number of carbonyl (C=O) groups excluding carboxylic acids is 3. The van der Waals surface area contributed by atoms with Crippen LogP contribution in [-0.2, 0) is 16.0 Å². The smallest absolute Gasteiger partial charge is 0.255 e. The first kappa shape index (κ1) is 20.1. The third-order valence-electron chi connectivity index (χ3n) is 5.15. The third-order valence-corrected chi connectivity index (χ3v) is 5.15. The molecule has 3 aromatic carbocycles. The van der Waals surface area contributed by atoms with Crippen LogP contribution in [-0.4, -0.2) is 17.6 Å². The molecule has 0 radical (unpaired) electrons. The summed E-state index contributed by atoms with van der Waals surface area (Å²) in [5.74, 6) is -0.640. The molecule has 1 atom stereocenters. The minimum absolute atomic E-state index is 0.0163. The van der Waals surface area contributed by atoms with Gasteiger partial charge >= 0.3 is 0 Å². The number of nitrogens with two attached hydrogens (primary N) is 1. The van der Waals surface area contributed by atoms with E-state index in [1.54, 1.807) is 54.6 Å². The van der Waals surface area contributed by atoms with Crippen molar-refractivity contribution in [1.29, 1.82) is 0 Å². The molecule has 4 rings (SSSR count). The highest BCUT2D eigenvalue weighted by atomic mass is 16.2. The van der Waals surface area contributed by atoms with Gasteiger partial charge in [0.15, 0.2) is 5.78 Å². The quantitative estimate of drug-likeness (QED) is 0.442. The van der Waals surface area contributed by atoms with Gasteiger partial charge in [-0.25, -0.2) is 0 Å². The maximum atomic E-state index is 12.4. The van der Waals surface area contributed by atoms with Crippen molar-refractivity contribution in [2.45, 2.75) is 12.5 Å². The van der Waals surface area contributed by atoms with Gasteiger partial charge in [-0.15, -0.1) is 0 Å². The number of ketones is 1. The Bertz CT molecular complexity index is 1180. The van der Waals surface area contributed by atoms with Crippen molar-refractivity contribution >= 4 is 35.0 Å². The lowest BCUT2D eigenvalue weighted by Crippen LogP contribution is -2.30. The first-order valence-corrected chi connectivity index (χ1v) is 9.86. The number of para-hydroxylation sites is 2. The van der Waals surface area contributed by atoms with Crippen molar-refractivity contribution in [3.05, 3.63) is 101 Å². The number of benzene rings is 3. The largest absolute Gasteiger partial charge is 0.397 e. The SMILES string of the molecule is Nc1ccccc1NC(=O)c1ccc(/C=C/C(=O)N[C@@H]2C(=O)Cc3ccccc32)cc1. The van der Waals surface area contributed by atoms with Gasteiger partial charge in [0.2, 0.25) is 5.91 Å². The highest BCUT2D eigenvalue weighted by Crippen LogP contribution is 2.28. The van der Waals surface area contributed by atoms with Crippen molar-refractivity contribution in [1.82, 2.24) is 5.32 Å². The van der Waals surface area contributed by atoms with Gasteiger partial charge in [0.25, 0.3) is 5.91 Å². The molecule has 1 aliphatic rings. The van der Waals surface area contributed by atoms with Gasteiger partial charge in [-0.1, -0.05) is 48.5 Å². The second-order valence-electron chi connectivity index (χ2n) is 7.28. The van der Waals surface area contributed by atoms with E-state index in [0.717, 1.165) is 16.7 Å². The monoisotopic (exact) mass is 411 g/mol. The Morgan fingerprint density at radius 2 is 1.65 bits per heavy atom. The zero-order chi connectivity index (χ0) is 21.8. The maximum Gasteiger partial charge on any atom is 0.255 e. The summed E-state index contributed by atoms with van der Waals surface area (Å²) in [6.45, 7) is 0. The molecule has 0 aliphatic heterocycles. The van der Waals surface area contributed by atoms with E-state index in [-0.39, 0.29) is 17.6 Å². The molecular weight excluding hydrogens is 390 g/mol. The summed E-state index contributed by atoms with van der Waals surface area (Å²) < 4.78 is 0. The summed E-state index contributed by atoms with van der Waals surface area (Å²) >= 11 is 0. The summed E-state index contributed by atoms with van der Waals surface area (Å²) in [4.78, 5) is 36.9. The Labute approximate surface area is 179 Å². The van der Waals surface area contributed by atoms with Crippen LogP contribution in [0.1, 0.15) is 33.1 Å². The van der Waals surface area contributed by atoms with Crippen LogP contribution < -0.4 is 16.4 Å². The van der Waals surface area contributed by atoms with Crippen molar-refractivity contribution in [2.24, 2.45) is 0 Å². The Hall–Kier alpha value is -4.19. The number of rotatable bonds is 5. The van der Waals surface area contributed by atoms with Crippen LogP contribution in [0.3, 0.4) is 0 Å². The highest BCUT2D eigenvalue weighted by Gasteiger charge is 2.30. The lowest BCUT2D eigenvalue weighted by molar-refractivity contribution is -0.124. The number of nitrogens with one attached hydrogen (secondary N) is 2. The summed E-state index contributed by atoms with van der Waals surface area (Å²) in [6.07, 6.45) is 3.36. The highest BCUT2D eigenvalue weighted by molar-refractivity contribution is 6.06. The van der Waals surface area contributed by atoms with E-state index in [2.05, 4.69) is 10.6 Å². The number of nitrogen functional groups attached to an aromatic ring is 1. The molecule has 4 N–H and O–H groups in total. The van der Waals surface area contributed by atoms with Gasteiger partial charge < -0.3 is 16.4 Å². The summed E-state index contributed by atoms with van der Waals surface area (Å²) in [6, 6.07) is 20.8. The number of amides is 2. The Morgan fingerprint density at radius 1 is 0.935 bits per heavy atom. The van der Waals surface area contributed by atoms with Gasteiger partial charge in [0, 0.05) is 18.1 Å². The predicted octanol–water partition coefficient (Wildman–Crippen LogP) is 3.52.